The minimum absolute atomic E-state index is 0.159. The van der Waals surface area contributed by atoms with E-state index in [4.69, 9.17) is 18.6 Å². The third kappa shape index (κ3) is 4.78. The van der Waals surface area contributed by atoms with Gasteiger partial charge in [0.25, 0.3) is 0 Å². The number of ether oxygens (including phenoxy) is 3. The lowest BCUT2D eigenvalue weighted by atomic mass is 10.0. The van der Waals surface area contributed by atoms with E-state index in [1.54, 1.807) is 13.0 Å². The molecule has 0 N–H and O–H groups in total. The van der Waals surface area contributed by atoms with Crippen molar-refractivity contribution in [2.45, 2.75) is 52.1 Å². The smallest absolute Gasteiger partial charge is 0.340 e. The predicted octanol–water partition coefficient (Wildman–Crippen LogP) is 3.07. The molecule has 0 spiro atoms. The standard InChI is InChI=1S/C21H24O7/c1-3-8-26-19(22)7-6-14-11-15-13(2)10-20(23)27-18(15)12-17(14)28-21(24)16-5-4-9-25-16/h10-12,16H,3-9H2,1-2H3. The molecule has 1 saturated heterocycles. The first-order valence-electron chi connectivity index (χ1n) is 9.54. The maximum atomic E-state index is 12.4. The Balaban J connectivity index is 1.89. The second-order valence-electron chi connectivity index (χ2n) is 6.85. The van der Waals surface area contributed by atoms with Gasteiger partial charge >= 0.3 is 17.6 Å². The number of esters is 2. The fraction of sp³-hybridized carbons (Fsp3) is 0.476. The molecule has 150 valence electrons. The largest absolute Gasteiger partial charge is 0.466 e. The van der Waals surface area contributed by atoms with Crippen LogP contribution < -0.4 is 10.4 Å². The molecule has 7 heteroatoms. The molecule has 0 saturated carbocycles. The van der Waals surface area contributed by atoms with Crippen LogP contribution in [0.15, 0.2) is 27.4 Å². The first-order valence-corrected chi connectivity index (χ1v) is 9.54. The van der Waals surface area contributed by atoms with Crippen LogP contribution in [0.25, 0.3) is 11.0 Å². The van der Waals surface area contributed by atoms with Gasteiger partial charge in [0.2, 0.25) is 0 Å². The van der Waals surface area contributed by atoms with Gasteiger partial charge in [-0.25, -0.2) is 9.59 Å². The van der Waals surface area contributed by atoms with Gasteiger partial charge in [0.1, 0.15) is 11.3 Å². The SMILES string of the molecule is CCCOC(=O)CCc1cc2c(C)cc(=O)oc2cc1OC(=O)C1CCCO1. The Bertz CT molecular complexity index is 922. The van der Waals surface area contributed by atoms with Gasteiger partial charge in [-0.1, -0.05) is 6.92 Å². The van der Waals surface area contributed by atoms with E-state index in [-0.39, 0.29) is 18.1 Å². The van der Waals surface area contributed by atoms with Crippen molar-refractivity contribution in [1.82, 2.24) is 0 Å². The van der Waals surface area contributed by atoms with Crippen molar-refractivity contribution in [2.24, 2.45) is 0 Å². The summed E-state index contributed by atoms with van der Waals surface area (Å²) in [4.78, 5) is 36.0. The lowest BCUT2D eigenvalue weighted by Crippen LogP contribution is -2.25. The lowest BCUT2D eigenvalue weighted by Gasteiger charge is -2.14. The van der Waals surface area contributed by atoms with Crippen LogP contribution in [-0.4, -0.2) is 31.3 Å². The summed E-state index contributed by atoms with van der Waals surface area (Å²) in [7, 11) is 0. The van der Waals surface area contributed by atoms with E-state index < -0.39 is 17.7 Å². The molecule has 1 unspecified atom stereocenters. The van der Waals surface area contributed by atoms with E-state index in [9.17, 15) is 14.4 Å². The normalized spacial score (nSPS) is 16.3. The molecule has 1 aliphatic heterocycles. The minimum Gasteiger partial charge on any atom is -0.466 e. The predicted molar refractivity (Wildman–Crippen MR) is 101 cm³/mol. The molecule has 1 fully saturated rings. The lowest BCUT2D eigenvalue weighted by molar-refractivity contribution is -0.144. The van der Waals surface area contributed by atoms with Gasteiger partial charge in [-0.2, -0.15) is 0 Å². The summed E-state index contributed by atoms with van der Waals surface area (Å²) in [6, 6.07) is 4.72. The molecule has 3 rings (SSSR count). The van der Waals surface area contributed by atoms with Gasteiger partial charge in [-0.05, 0) is 49.8 Å². The number of rotatable bonds is 7. The fourth-order valence-corrected chi connectivity index (χ4v) is 3.14. The summed E-state index contributed by atoms with van der Waals surface area (Å²) in [5, 5.41) is 0.730. The van der Waals surface area contributed by atoms with Gasteiger partial charge in [0.15, 0.2) is 6.10 Å². The van der Waals surface area contributed by atoms with Crippen molar-refractivity contribution in [3.8, 4) is 5.75 Å². The molecule has 28 heavy (non-hydrogen) atoms. The van der Waals surface area contributed by atoms with Crippen LogP contribution in [0.3, 0.4) is 0 Å². The number of carbonyl (C=O) groups excluding carboxylic acids is 2. The summed E-state index contributed by atoms with van der Waals surface area (Å²) < 4.78 is 21.3. The molecule has 0 bridgehead atoms. The van der Waals surface area contributed by atoms with E-state index in [0.29, 0.717) is 37.2 Å². The van der Waals surface area contributed by atoms with E-state index >= 15 is 0 Å². The highest BCUT2D eigenvalue weighted by molar-refractivity contribution is 5.85. The van der Waals surface area contributed by atoms with Crippen LogP contribution in [0, 0.1) is 6.92 Å². The van der Waals surface area contributed by atoms with Crippen LogP contribution >= 0.6 is 0 Å². The molecule has 1 aromatic heterocycles. The van der Waals surface area contributed by atoms with Crippen molar-refractivity contribution in [1.29, 1.82) is 0 Å². The van der Waals surface area contributed by atoms with Gasteiger partial charge in [0.05, 0.1) is 6.61 Å². The molecular formula is C21H24O7. The molecule has 2 heterocycles. The van der Waals surface area contributed by atoms with E-state index in [2.05, 4.69) is 0 Å². The highest BCUT2D eigenvalue weighted by atomic mass is 16.6. The van der Waals surface area contributed by atoms with Crippen LogP contribution in [-0.2, 0) is 25.5 Å². The summed E-state index contributed by atoms with van der Waals surface area (Å²) in [6.45, 7) is 4.63. The third-order valence-corrected chi connectivity index (χ3v) is 4.60. The number of fused-ring (bicyclic) bond motifs is 1. The van der Waals surface area contributed by atoms with Gasteiger partial charge < -0.3 is 18.6 Å². The molecule has 0 radical (unpaired) electrons. The number of hydrogen-bond acceptors (Lipinski definition) is 7. The zero-order valence-corrected chi connectivity index (χ0v) is 16.1. The molecule has 1 aliphatic rings. The fourth-order valence-electron chi connectivity index (χ4n) is 3.14. The zero-order valence-electron chi connectivity index (χ0n) is 16.1. The monoisotopic (exact) mass is 388 g/mol. The topological polar surface area (TPSA) is 92.0 Å². The first kappa shape index (κ1) is 20.1. The molecule has 0 amide bonds. The molecule has 2 aromatic rings. The quantitative estimate of drug-likeness (QED) is 0.409. The number of benzene rings is 1. The average Bonchev–Trinajstić information content (AvgIpc) is 3.19. The molecular weight excluding hydrogens is 364 g/mol. The van der Waals surface area contributed by atoms with Crippen molar-refractivity contribution >= 4 is 22.9 Å². The Morgan fingerprint density at radius 1 is 1.25 bits per heavy atom. The average molecular weight is 388 g/mol. The Labute approximate surface area is 162 Å². The Morgan fingerprint density at radius 3 is 2.79 bits per heavy atom. The highest BCUT2D eigenvalue weighted by Crippen LogP contribution is 2.29. The Hall–Kier alpha value is -2.67. The van der Waals surface area contributed by atoms with E-state index in [1.807, 2.05) is 6.92 Å². The van der Waals surface area contributed by atoms with Crippen molar-refractivity contribution in [3.05, 3.63) is 39.7 Å². The van der Waals surface area contributed by atoms with Gasteiger partial charge in [-0.3, -0.25) is 4.79 Å². The van der Waals surface area contributed by atoms with Crippen molar-refractivity contribution in [3.63, 3.8) is 0 Å². The molecule has 1 atom stereocenters. The summed E-state index contributed by atoms with van der Waals surface area (Å²) in [5.41, 5.74) is 1.28. The molecule has 1 aromatic carbocycles. The van der Waals surface area contributed by atoms with Crippen LogP contribution in [0.2, 0.25) is 0 Å². The Kier molecular flexibility index (Phi) is 6.46. The maximum Gasteiger partial charge on any atom is 0.340 e. The van der Waals surface area contributed by atoms with Crippen LogP contribution in [0.1, 0.15) is 43.7 Å². The molecule has 0 aliphatic carbocycles. The number of hydrogen-bond donors (Lipinski definition) is 0. The van der Waals surface area contributed by atoms with Crippen LogP contribution in [0.4, 0.5) is 0 Å². The van der Waals surface area contributed by atoms with Gasteiger partial charge in [-0.15, -0.1) is 0 Å². The Morgan fingerprint density at radius 2 is 2.07 bits per heavy atom. The summed E-state index contributed by atoms with van der Waals surface area (Å²) in [6.07, 6.45) is 2.07. The summed E-state index contributed by atoms with van der Waals surface area (Å²) >= 11 is 0. The second kappa shape index (κ2) is 9.01. The number of aryl methyl sites for hydroxylation is 2. The minimum atomic E-state index is -0.595. The van der Waals surface area contributed by atoms with Crippen molar-refractivity contribution < 1.29 is 28.2 Å². The maximum absolute atomic E-state index is 12.4. The van der Waals surface area contributed by atoms with Crippen LogP contribution in [0.5, 0.6) is 5.75 Å². The van der Waals surface area contributed by atoms with Crippen molar-refractivity contribution in [2.75, 3.05) is 13.2 Å². The molecule has 7 nitrogen and oxygen atoms in total. The second-order valence-corrected chi connectivity index (χ2v) is 6.85. The zero-order chi connectivity index (χ0) is 20.1. The number of carbonyl (C=O) groups is 2. The summed E-state index contributed by atoms with van der Waals surface area (Å²) in [5.74, 6) is -0.527. The third-order valence-electron chi connectivity index (χ3n) is 4.60. The van der Waals surface area contributed by atoms with E-state index in [1.165, 1.54) is 12.1 Å². The van der Waals surface area contributed by atoms with E-state index in [0.717, 1.165) is 23.8 Å². The van der Waals surface area contributed by atoms with Gasteiger partial charge in [0, 0.05) is 30.5 Å². The highest BCUT2D eigenvalue weighted by Gasteiger charge is 2.26. The first-order chi connectivity index (χ1) is 13.5.